The van der Waals surface area contributed by atoms with Crippen molar-refractivity contribution in [2.24, 2.45) is 0 Å². The SMILES string of the molecule is C=CCOC(=O)c1sc(N2C(=O)C(=O)/C(=C(/O)c3ccncc3)C2c2ccc(OCCCC)cc2)nc1C. The van der Waals surface area contributed by atoms with Crippen molar-refractivity contribution in [3.05, 3.63) is 88.7 Å². The van der Waals surface area contributed by atoms with Crippen molar-refractivity contribution in [1.29, 1.82) is 0 Å². The van der Waals surface area contributed by atoms with Crippen molar-refractivity contribution < 1.29 is 29.0 Å². The normalized spacial score (nSPS) is 16.5. The van der Waals surface area contributed by atoms with Crippen LogP contribution in [0.3, 0.4) is 0 Å². The third-order valence-electron chi connectivity index (χ3n) is 5.87. The summed E-state index contributed by atoms with van der Waals surface area (Å²) in [4.78, 5) is 49.0. The molecule has 3 heterocycles. The summed E-state index contributed by atoms with van der Waals surface area (Å²) in [5.74, 6) is -2.03. The summed E-state index contributed by atoms with van der Waals surface area (Å²) in [5, 5.41) is 11.3. The molecule has 38 heavy (non-hydrogen) atoms. The number of hydrogen-bond donors (Lipinski definition) is 1. The number of rotatable bonds is 10. The molecule has 2 aromatic heterocycles. The summed E-state index contributed by atoms with van der Waals surface area (Å²) < 4.78 is 10.9. The van der Waals surface area contributed by atoms with Crippen LogP contribution in [0, 0.1) is 6.92 Å². The maximum Gasteiger partial charge on any atom is 0.350 e. The van der Waals surface area contributed by atoms with Gasteiger partial charge in [-0.2, -0.15) is 0 Å². The van der Waals surface area contributed by atoms with E-state index in [0.29, 0.717) is 29.2 Å². The van der Waals surface area contributed by atoms with Crippen molar-refractivity contribution in [3.63, 3.8) is 0 Å². The van der Waals surface area contributed by atoms with E-state index in [-0.39, 0.29) is 27.9 Å². The lowest BCUT2D eigenvalue weighted by molar-refractivity contribution is -0.132. The Morgan fingerprint density at radius 2 is 1.89 bits per heavy atom. The molecule has 1 fully saturated rings. The lowest BCUT2D eigenvalue weighted by atomic mass is 9.95. The van der Waals surface area contributed by atoms with Crippen LogP contribution in [0.25, 0.3) is 5.76 Å². The highest BCUT2D eigenvalue weighted by molar-refractivity contribution is 7.17. The van der Waals surface area contributed by atoms with Gasteiger partial charge in [0.2, 0.25) is 0 Å². The highest BCUT2D eigenvalue weighted by atomic mass is 32.1. The molecule has 1 amide bonds. The number of amides is 1. The fraction of sp³-hybridized carbons (Fsp3) is 0.250. The number of benzene rings is 1. The smallest absolute Gasteiger partial charge is 0.350 e. The number of Topliss-reactive ketones (excluding diaryl/α,β-unsaturated/α-hetero) is 1. The van der Waals surface area contributed by atoms with Gasteiger partial charge in [0.15, 0.2) is 5.13 Å². The third kappa shape index (κ3) is 5.35. The average molecular weight is 534 g/mol. The van der Waals surface area contributed by atoms with Crippen molar-refractivity contribution in [2.45, 2.75) is 32.7 Å². The van der Waals surface area contributed by atoms with E-state index in [1.54, 1.807) is 43.3 Å². The number of aromatic nitrogens is 2. The van der Waals surface area contributed by atoms with Gasteiger partial charge in [0.05, 0.1) is 23.9 Å². The van der Waals surface area contributed by atoms with E-state index in [0.717, 1.165) is 24.2 Å². The maximum absolute atomic E-state index is 13.4. The maximum atomic E-state index is 13.4. The fourth-order valence-electron chi connectivity index (χ4n) is 3.97. The third-order valence-corrected chi connectivity index (χ3v) is 7.01. The summed E-state index contributed by atoms with van der Waals surface area (Å²) in [6, 6.07) is 9.09. The van der Waals surface area contributed by atoms with Gasteiger partial charge in [-0.1, -0.05) is 49.5 Å². The van der Waals surface area contributed by atoms with Gasteiger partial charge >= 0.3 is 11.9 Å². The molecule has 1 unspecified atom stereocenters. The minimum atomic E-state index is -0.990. The number of nitrogens with zero attached hydrogens (tertiary/aromatic N) is 3. The van der Waals surface area contributed by atoms with E-state index in [4.69, 9.17) is 9.47 Å². The zero-order chi connectivity index (χ0) is 27.2. The fourth-order valence-corrected chi connectivity index (χ4v) is 4.95. The zero-order valence-electron chi connectivity index (χ0n) is 21.0. The van der Waals surface area contributed by atoms with Crippen LogP contribution in [0.1, 0.15) is 52.3 Å². The minimum absolute atomic E-state index is 0.0224. The number of aryl methyl sites for hydroxylation is 1. The van der Waals surface area contributed by atoms with Gasteiger partial charge in [0.25, 0.3) is 5.78 Å². The van der Waals surface area contributed by atoms with Crippen molar-refractivity contribution in [2.75, 3.05) is 18.1 Å². The molecular weight excluding hydrogens is 506 g/mol. The van der Waals surface area contributed by atoms with Crippen LogP contribution >= 0.6 is 11.3 Å². The number of hydrogen-bond acceptors (Lipinski definition) is 9. The Hall–Kier alpha value is -4.31. The Balaban J connectivity index is 1.81. The Morgan fingerprint density at radius 3 is 2.55 bits per heavy atom. The summed E-state index contributed by atoms with van der Waals surface area (Å²) in [6.07, 6.45) is 6.32. The van der Waals surface area contributed by atoms with Crippen molar-refractivity contribution >= 4 is 39.9 Å². The summed E-state index contributed by atoms with van der Waals surface area (Å²) in [5.41, 5.74) is 1.16. The monoisotopic (exact) mass is 533 g/mol. The standard InChI is InChI=1S/C28H27N3O6S/c1-4-6-16-36-20-9-7-18(8-10-20)22-21(23(32)19-11-13-29-14-12-19)24(33)26(34)31(22)28-30-17(3)25(38-28)27(35)37-15-5-2/h5,7-14,22,32H,2,4,6,15-16H2,1,3H3/b23-21+. The molecule has 3 aromatic rings. The number of anilines is 1. The molecule has 1 aliphatic heterocycles. The number of ketones is 1. The summed E-state index contributed by atoms with van der Waals surface area (Å²) in [6.45, 7) is 7.82. The van der Waals surface area contributed by atoms with Crippen LogP contribution in [0.5, 0.6) is 5.75 Å². The Bertz CT molecular complexity index is 1380. The van der Waals surface area contributed by atoms with Crippen LogP contribution in [0.4, 0.5) is 5.13 Å². The number of carbonyl (C=O) groups is 3. The van der Waals surface area contributed by atoms with Gasteiger partial charge in [0, 0.05) is 18.0 Å². The molecule has 9 nitrogen and oxygen atoms in total. The van der Waals surface area contributed by atoms with Crippen LogP contribution in [-0.4, -0.2) is 45.9 Å². The Labute approximate surface area is 224 Å². The molecule has 0 saturated carbocycles. The molecule has 0 bridgehead atoms. The lowest BCUT2D eigenvalue weighted by Crippen LogP contribution is -2.29. The number of aliphatic hydroxyl groups excluding tert-OH is 1. The quantitative estimate of drug-likeness (QED) is 0.0966. The molecule has 1 aromatic carbocycles. The number of aliphatic hydroxyl groups is 1. The van der Waals surface area contributed by atoms with E-state index >= 15 is 0 Å². The van der Waals surface area contributed by atoms with Gasteiger partial charge in [-0.3, -0.25) is 19.5 Å². The molecule has 0 spiro atoms. The predicted molar refractivity (Wildman–Crippen MR) is 143 cm³/mol. The number of carbonyl (C=O) groups excluding carboxylic acids is 3. The van der Waals surface area contributed by atoms with E-state index < -0.39 is 23.7 Å². The second kappa shape index (κ2) is 11.8. The van der Waals surface area contributed by atoms with Crippen molar-refractivity contribution in [1.82, 2.24) is 9.97 Å². The topological polar surface area (TPSA) is 119 Å². The molecule has 4 rings (SSSR count). The number of unbranched alkanes of at least 4 members (excludes halogenated alkanes) is 1. The van der Waals surface area contributed by atoms with E-state index in [2.05, 4.69) is 23.5 Å². The number of pyridine rings is 1. The number of thiazole rings is 1. The van der Waals surface area contributed by atoms with Gasteiger partial charge in [-0.05, 0) is 43.2 Å². The molecule has 0 radical (unpaired) electrons. The van der Waals surface area contributed by atoms with Crippen LogP contribution in [0.15, 0.2) is 67.0 Å². The number of ether oxygens (including phenoxy) is 2. The summed E-state index contributed by atoms with van der Waals surface area (Å²) in [7, 11) is 0. The predicted octanol–water partition coefficient (Wildman–Crippen LogP) is 4.99. The Kier molecular flexibility index (Phi) is 8.32. The first-order chi connectivity index (χ1) is 18.4. The average Bonchev–Trinajstić information content (AvgIpc) is 3.44. The van der Waals surface area contributed by atoms with Gasteiger partial charge < -0.3 is 14.6 Å². The van der Waals surface area contributed by atoms with Gasteiger partial charge in [-0.15, -0.1) is 0 Å². The van der Waals surface area contributed by atoms with Crippen LogP contribution in [-0.2, 0) is 14.3 Å². The lowest BCUT2D eigenvalue weighted by Gasteiger charge is -2.23. The first-order valence-electron chi connectivity index (χ1n) is 12.1. The zero-order valence-corrected chi connectivity index (χ0v) is 21.9. The Morgan fingerprint density at radius 1 is 1.18 bits per heavy atom. The minimum Gasteiger partial charge on any atom is -0.507 e. The molecule has 10 heteroatoms. The molecule has 196 valence electrons. The second-order valence-electron chi connectivity index (χ2n) is 8.47. The first kappa shape index (κ1) is 26.7. The molecule has 0 aliphatic carbocycles. The largest absolute Gasteiger partial charge is 0.507 e. The van der Waals surface area contributed by atoms with Gasteiger partial charge in [-0.25, -0.2) is 9.78 Å². The molecule has 1 atom stereocenters. The van der Waals surface area contributed by atoms with Crippen LogP contribution < -0.4 is 9.64 Å². The highest BCUT2D eigenvalue weighted by Crippen LogP contribution is 2.44. The van der Waals surface area contributed by atoms with E-state index in [1.807, 2.05) is 0 Å². The molecule has 1 saturated heterocycles. The molecule has 1 N–H and O–H groups in total. The number of esters is 1. The van der Waals surface area contributed by atoms with Crippen molar-refractivity contribution in [3.8, 4) is 5.75 Å². The highest BCUT2D eigenvalue weighted by Gasteiger charge is 2.48. The van der Waals surface area contributed by atoms with Crippen LogP contribution in [0.2, 0.25) is 0 Å². The second-order valence-corrected chi connectivity index (χ2v) is 9.45. The summed E-state index contributed by atoms with van der Waals surface area (Å²) >= 11 is 0.940. The van der Waals surface area contributed by atoms with E-state index in [1.165, 1.54) is 23.4 Å². The molecular formula is C28H27N3O6S. The molecule has 1 aliphatic rings. The first-order valence-corrected chi connectivity index (χ1v) is 12.9. The van der Waals surface area contributed by atoms with Gasteiger partial charge in [0.1, 0.15) is 23.0 Å². The van der Waals surface area contributed by atoms with E-state index in [9.17, 15) is 19.5 Å².